The van der Waals surface area contributed by atoms with E-state index in [1.54, 1.807) is 6.20 Å². The number of hydrogen-bond acceptors (Lipinski definition) is 6. The van der Waals surface area contributed by atoms with Crippen molar-refractivity contribution in [2.24, 2.45) is 7.05 Å². The molecule has 168 valence electrons. The summed E-state index contributed by atoms with van der Waals surface area (Å²) in [6.45, 7) is 5.38. The summed E-state index contributed by atoms with van der Waals surface area (Å²) in [5.74, 6) is 1.83. The van der Waals surface area contributed by atoms with Crippen molar-refractivity contribution in [3.8, 4) is 16.9 Å². The van der Waals surface area contributed by atoms with Gasteiger partial charge in [-0.2, -0.15) is 10.1 Å². The van der Waals surface area contributed by atoms with E-state index in [4.69, 9.17) is 10.5 Å². The zero-order valence-corrected chi connectivity index (χ0v) is 19.0. The van der Waals surface area contributed by atoms with Gasteiger partial charge >= 0.3 is 0 Å². The molecule has 0 aliphatic heterocycles. The molecular formula is C25H27N7O. The summed E-state index contributed by atoms with van der Waals surface area (Å²) < 4.78 is 7.52. The number of nitrogens with two attached hydrogens (primary N) is 1. The molecule has 5 aromatic rings. The molecule has 0 aliphatic rings. The van der Waals surface area contributed by atoms with Crippen LogP contribution in [0.25, 0.3) is 32.9 Å². The Kier molecular flexibility index (Phi) is 5.34. The van der Waals surface area contributed by atoms with Gasteiger partial charge in [0.1, 0.15) is 11.6 Å². The zero-order chi connectivity index (χ0) is 22.9. The van der Waals surface area contributed by atoms with E-state index >= 15 is 0 Å². The van der Waals surface area contributed by atoms with Crippen molar-refractivity contribution in [3.05, 3.63) is 60.0 Å². The number of fused-ring (bicyclic) bond motifs is 2. The Bertz CT molecular complexity index is 1450. The molecule has 3 aromatic heterocycles. The maximum Gasteiger partial charge on any atom is 0.224 e. The van der Waals surface area contributed by atoms with Crippen molar-refractivity contribution in [1.29, 1.82) is 0 Å². The molecule has 0 bridgehead atoms. The Balaban J connectivity index is 1.29. The molecule has 3 heterocycles. The molecule has 0 fully saturated rings. The fourth-order valence-electron chi connectivity index (χ4n) is 4.13. The number of anilines is 2. The third-order valence-corrected chi connectivity index (χ3v) is 5.99. The fourth-order valence-corrected chi connectivity index (χ4v) is 4.13. The first-order valence-electron chi connectivity index (χ1n) is 11.1. The Hall–Kier alpha value is -4.07. The number of rotatable bonds is 7. The van der Waals surface area contributed by atoms with Gasteiger partial charge in [0, 0.05) is 53.5 Å². The lowest BCUT2D eigenvalue weighted by Gasteiger charge is -2.09. The van der Waals surface area contributed by atoms with Crippen molar-refractivity contribution in [2.45, 2.75) is 20.3 Å². The van der Waals surface area contributed by atoms with Crippen LogP contribution in [0.3, 0.4) is 0 Å². The lowest BCUT2D eigenvalue weighted by atomic mass is 10.1. The summed E-state index contributed by atoms with van der Waals surface area (Å²) in [6, 6.07) is 12.2. The van der Waals surface area contributed by atoms with Crippen LogP contribution in [-0.4, -0.2) is 37.9 Å². The molecule has 0 atom stereocenters. The molecule has 0 saturated carbocycles. The fraction of sp³-hybridized carbons (Fsp3) is 0.240. The number of benzene rings is 2. The molecule has 0 unspecified atom stereocenters. The van der Waals surface area contributed by atoms with Crippen LogP contribution in [0.4, 0.5) is 11.8 Å². The first-order valence-corrected chi connectivity index (χ1v) is 11.1. The van der Waals surface area contributed by atoms with Gasteiger partial charge in [0.15, 0.2) is 0 Å². The van der Waals surface area contributed by atoms with Crippen LogP contribution in [0.2, 0.25) is 0 Å². The highest BCUT2D eigenvalue weighted by Crippen LogP contribution is 2.29. The van der Waals surface area contributed by atoms with Gasteiger partial charge in [0.2, 0.25) is 5.95 Å². The minimum Gasteiger partial charge on any atom is -0.494 e. The predicted molar refractivity (Wildman–Crippen MR) is 133 cm³/mol. The number of aromatic amines is 1. The van der Waals surface area contributed by atoms with E-state index in [1.807, 2.05) is 49.1 Å². The van der Waals surface area contributed by atoms with Crippen LogP contribution in [0.15, 0.2) is 48.8 Å². The quantitative estimate of drug-likeness (QED) is 0.344. The second-order valence-electron chi connectivity index (χ2n) is 8.06. The third-order valence-electron chi connectivity index (χ3n) is 5.99. The summed E-state index contributed by atoms with van der Waals surface area (Å²) in [5, 5.41) is 10.1. The van der Waals surface area contributed by atoms with Crippen LogP contribution in [0.1, 0.15) is 18.2 Å². The maximum absolute atomic E-state index is 6.28. The average molecular weight is 442 g/mol. The molecule has 2 aromatic carbocycles. The molecule has 5 rings (SSSR count). The van der Waals surface area contributed by atoms with E-state index in [9.17, 15) is 0 Å². The summed E-state index contributed by atoms with van der Waals surface area (Å²) in [5.41, 5.74) is 12.4. The monoisotopic (exact) mass is 441 g/mol. The van der Waals surface area contributed by atoms with Gasteiger partial charge in [-0.1, -0.05) is 12.1 Å². The second-order valence-corrected chi connectivity index (χ2v) is 8.06. The SMILES string of the molecule is CCOc1ccc2[nH]cc(CCNc3ncc(-c4ccc5c(C)n(C)nc5c4)c(N)n3)c2c1. The summed E-state index contributed by atoms with van der Waals surface area (Å²) >= 11 is 0. The molecule has 0 radical (unpaired) electrons. The van der Waals surface area contributed by atoms with Gasteiger partial charge in [-0.3, -0.25) is 4.68 Å². The van der Waals surface area contributed by atoms with Crippen LogP contribution in [-0.2, 0) is 13.5 Å². The molecule has 8 nitrogen and oxygen atoms in total. The second kappa shape index (κ2) is 8.46. The Morgan fingerprint density at radius 2 is 2.03 bits per heavy atom. The molecule has 33 heavy (non-hydrogen) atoms. The number of H-pyrrole nitrogens is 1. The topological polar surface area (TPSA) is 107 Å². The number of aryl methyl sites for hydroxylation is 2. The van der Waals surface area contributed by atoms with Crippen molar-refractivity contribution >= 4 is 33.6 Å². The van der Waals surface area contributed by atoms with Crippen LogP contribution >= 0.6 is 0 Å². The smallest absolute Gasteiger partial charge is 0.224 e. The number of aromatic nitrogens is 5. The number of nitrogens with one attached hydrogen (secondary N) is 2. The van der Waals surface area contributed by atoms with Gasteiger partial charge < -0.3 is 20.8 Å². The molecule has 8 heteroatoms. The van der Waals surface area contributed by atoms with Gasteiger partial charge in [0.25, 0.3) is 0 Å². The Morgan fingerprint density at radius 1 is 1.15 bits per heavy atom. The predicted octanol–water partition coefficient (Wildman–Crippen LogP) is 4.46. The molecule has 0 saturated heterocycles. The van der Waals surface area contributed by atoms with Gasteiger partial charge in [-0.25, -0.2) is 4.98 Å². The lowest BCUT2D eigenvalue weighted by Crippen LogP contribution is -2.09. The van der Waals surface area contributed by atoms with E-state index in [-0.39, 0.29) is 0 Å². The van der Waals surface area contributed by atoms with Crippen LogP contribution < -0.4 is 15.8 Å². The minimum atomic E-state index is 0.438. The Labute approximate surface area is 191 Å². The van der Waals surface area contributed by atoms with Crippen molar-refractivity contribution in [3.63, 3.8) is 0 Å². The minimum absolute atomic E-state index is 0.438. The highest BCUT2D eigenvalue weighted by Gasteiger charge is 2.11. The van der Waals surface area contributed by atoms with E-state index in [1.165, 1.54) is 10.9 Å². The Morgan fingerprint density at radius 3 is 2.85 bits per heavy atom. The van der Waals surface area contributed by atoms with Crippen molar-refractivity contribution < 1.29 is 4.74 Å². The summed E-state index contributed by atoms with van der Waals surface area (Å²) in [4.78, 5) is 12.3. The largest absolute Gasteiger partial charge is 0.494 e. The van der Waals surface area contributed by atoms with Gasteiger partial charge in [-0.15, -0.1) is 0 Å². The zero-order valence-electron chi connectivity index (χ0n) is 19.0. The molecule has 0 aliphatic carbocycles. The van der Waals surface area contributed by atoms with Crippen LogP contribution in [0.5, 0.6) is 5.75 Å². The third kappa shape index (κ3) is 3.95. The first-order chi connectivity index (χ1) is 16.0. The number of nitrogen functional groups attached to an aromatic ring is 1. The van der Waals surface area contributed by atoms with Gasteiger partial charge in [-0.05, 0) is 55.7 Å². The standard InChI is InChI=1S/C25H27N7O/c1-4-33-18-6-8-22-20(12-18)17(13-28-22)9-10-27-25-29-14-21(24(26)30-25)16-5-7-19-15(2)32(3)31-23(19)11-16/h5-8,11-14,28H,4,9-10H2,1-3H3,(H3,26,27,29,30). The number of hydrogen-bond donors (Lipinski definition) is 3. The van der Waals surface area contributed by atoms with E-state index in [0.717, 1.165) is 45.4 Å². The van der Waals surface area contributed by atoms with Crippen molar-refractivity contribution in [1.82, 2.24) is 24.7 Å². The molecule has 4 N–H and O–H groups in total. The molecule has 0 amide bonds. The van der Waals surface area contributed by atoms with Crippen LogP contribution in [0, 0.1) is 6.92 Å². The normalized spacial score (nSPS) is 11.4. The maximum atomic E-state index is 6.28. The van der Waals surface area contributed by atoms with E-state index < -0.39 is 0 Å². The summed E-state index contributed by atoms with van der Waals surface area (Å²) in [7, 11) is 1.95. The summed E-state index contributed by atoms with van der Waals surface area (Å²) in [6.07, 6.45) is 4.62. The van der Waals surface area contributed by atoms with Crippen molar-refractivity contribution in [2.75, 3.05) is 24.2 Å². The van der Waals surface area contributed by atoms with E-state index in [0.29, 0.717) is 24.9 Å². The van der Waals surface area contributed by atoms with Gasteiger partial charge in [0.05, 0.1) is 12.1 Å². The first kappa shape index (κ1) is 20.8. The van der Waals surface area contributed by atoms with E-state index in [2.05, 4.69) is 44.4 Å². The number of ether oxygens (including phenoxy) is 1. The molecule has 0 spiro atoms. The molecular weight excluding hydrogens is 414 g/mol. The number of nitrogens with zero attached hydrogens (tertiary/aromatic N) is 4. The lowest BCUT2D eigenvalue weighted by molar-refractivity contribution is 0.340. The highest BCUT2D eigenvalue weighted by atomic mass is 16.5. The average Bonchev–Trinajstić information content (AvgIpc) is 3.34. The highest BCUT2D eigenvalue weighted by molar-refractivity contribution is 5.88.